The average molecular weight is 382 g/mol. The van der Waals surface area contributed by atoms with E-state index < -0.39 is 0 Å². The standard InChI is InChI=1S/C21H22N2O3S/c1-3-25-15(2)21-23-17(14-27-21)13-26-19-12-8-7-11-18(19)20(24)22-16-9-5-4-6-10-16/h4-12,14-15H,3,13H2,1-2H3,(H,22,24). The Balaban J connectivity index is 1.67. The first kappa shape index (κ1) is 19.1. The smallest absolute Gasteiger partial charge is 0.259 e. The van der Waals surface area contributed by atoms with Crippen LogP contribution in [0.5, 0.6) is 5.75 Å². The number of para-hydroxylation sites is 2. The van der Waals surface area contributed by atoms with Gasteiger partial charge in [-0.15, -0.1) is 11.3 Å². The van der Waals surface area contributed by atoms with Crippen molar-refractivity contribution in [2.75, 3.05) is 11.9 Å². The van der Waals surface area contributed by atoms with Gasteiger partial charge in [0.15, 0.2) is 0 Å². The van der Waals surface area contributed by atoms with Crippen molar-refractivity contribution in [1.82, 2.24) is 4.98 Å². The van der Waals surface area contributed by atoms with Gasteiger partial charge in [-0.2, -0.15) is 0 Å². The van der Waals surface area contributed by atoms with Crippen molar-refractivity contribution in [3.63, 3.8) is 0 Å². The first-order valence-corrected chi connectivity index (χ1v) is 9.69. The zero-order valence-electron chi connectivity index (χ0n) is 15.3. The summed E-state index contributed by atoms with van der Waals surface area (Å²) in [5.74, 6) is 0.319. The van der Waals surface area contributed by atoms with Crippen LogP contribution in [0.25, 0.3) is 0 Å². The number of carbonyl (C=O) groups is 1. The lowest BCUT2D eigenvalue weighted by molar-refractivity contribution is 0.0760. The zero-order valence-corrected chi connectivity index (χ0v) is 16.2. The summed E-state index contributed by atoms with van der Waals surface area (Å²) in [5.41, 5.74) is 2.05. The fourth-order valence-corrected chi connectivity index (χ4v) is 3.36. The third kappa shape index (κ3) is 5.15. The number of hydrogen-bond donors (Lipinski definition) is 1. The number of anilines is 1. The van der Waals surface area contributed by atoms with Crippen LogP contribution in [-0.4, -0.2) is 17.5 Å². The highest BCUT2D eigenvalue weighted by Gasteiger charge is 2.14. The molecule has 0 bridgehead atoms. The number of rotatable bonds is 8. The van der Waals surface area contributed by atoms with Crippen molar-refractivity contribution in [1.29, 1.82) is 0 Å². The van der Waals surface area contributed by atoms with Crippen LogP contribution in [0.2, 0.25) is 0 Å². The van der Waals surface area contributed by atoms with Crippen LogP contribution in [-0.2, 0) is 11.3 Å². The van der Waals surface area contributed by atoms with Crippen LogP contribution in [0, 0.1) is 0 Å². The van der Waals surface area contributed by atoms with Gasteiger partial charge in [0.05, 0.1) is 11.3 Å². The molecule has 6 heteroatoms. The fraction of sp³-hybridized carbons (Fsp3) is 0.238. The summed E-state index contributed by atoms with van der Waals surface area (Å²) in [5, 5.41) is 5.76. The molecule has 0 aliphatic rings. The van der Waals surface area contributed by atoms with Gasteiger partial charge in [-0.25, -0.2) is 4.98 Å². The van der Waals surface area contributed by atoms with Gasteiger partial charge in [0, 0.05) is 17.7 Å². The molecule has 1 unspecified atom stereocenters. The maximum absolute atomic E-state index is 12.6. The average Bonchev–Trinajstić information content (AvgIpc) is 3.17. The minimum absolute atomic E-state index is 0.0299. The van der Waals surface area contributed by atoms with Gasteiger partial charge < -0.3 is 14.8 Å². The molecule has 0 aliphatic heterocycles. The van der Waals surface area contributed by atoms with Crippen molar-refractivity contribution in [3.8, 4) is 5.75 Å². The summed E-state index contributed by atoms with van der Waals surface area (Å²) < 4.78 is 11.4. The van der Waals surface area contributed by atoms with Crippen LogP contribution in [0.3, 0.4) is 0 Å². The molecule has 0 saturated heterocycles. The van der Waals surface area contributed by atoms with Crippen molar-refractivity contribution in [3.05, 3.63) is 76.2 Å². The Kier molecular flexibility index (Phi) is 6.57. The number of benzene rings is 2. The normalized spacial score (nSPS) is 11.8. The lowest BCUT2D eigenvalue weighted by Gasteiger charge is -2.11. The molecular weight excluding hydrogens is 360 g/mol. The minimum Gasteiger partial charge on any atom is -0.486 e. The molecule has 1 atom stereocenters. The molecule has 2 aromatic carbocycles. The van der Waals surface area contributed by atoms with Crippen LogP contribution >= 0.6 is 11.3 Å². The van der Waals surface area contributed by atoms with E-state index in [0.717, 1.165) is 16.4 Å². The topological polar surface area (TPSA) is 60.5 Å². The molecular formula is C21H22N2O3S. The third-order valence-electron chi connectivity index (χ3n) is 3.87. The van der Waals surface area contributed by atoms with E-state index in [1.165, 1.54) is 0 Å². The molecule has 0 fully saturated rings. The van der Waals surface area contributed by atoms with Crippen molar-refractivity contribution >= 4 is 22.9 Å². The highest BCUT2D eigenvalue weighted by atomic mass is 32.1. The summed E-state index contributed by atoms with van der Waals surface area (Å²) >= 11 is 1.55. The number of amides is 1. The lowest BCUT2D eigenvalue weighted by atomic mass is 10.2. The van der Waals surface area contributed by atoms with Gasteiger partial charge >= 0.3 is 0 Å². The van der Waals surface area contributed by atoms with Crippen molar-refractivity contribution < 1.29 is 14.3 Å². The van der Waals surface area contributed by atoms with Gasteiger partial charge in [0.25, 0.3) is 5.91 Å². The predicted octanol–water partition coefficient (Wildman–Crippen LogP) is 5.07. The van der Waals surface area contributed by atoms with E-state index in [4.69, 9.17) is 9.47 Å². The zero-order chi connectivity index (χ0) is 19.1. The molecule has 140 valence electrons. The molecule has 3 rings (SSSR count). The Hall–Kier alpha value is -2.70. The van der Waals surface area contributed by atoms with Crippen LogP contribution < -0.4 is 10.1 Å². The molecule has 0 radical (unpaired) electrons. The molecule has 27 heavy (non-hydrogen) atoms. The maximum atomic E-state index is 12.6. The Morgan fingerprint density at radius 1 is 1.15 bits per heavy atom. The summed E-state index contributed by atoms with van der Waals surface area (Å²) in [7, 11) is 0. The third-order valence-corrected chi connectivity index (χ3v) is 4.93. The summed E-state index contributed by atoms with van der Waals surface area (Å²) in [4.78, 5) is 17.1. The summed E-state index contributed by atoms with van der Waals surface area (Å²) in [6.45, 7) is 4.89. The Bertz CT molecular complexity index is 880. The van der Waals surface area contributed by atoms with Gasteiger partial charge in [-0.1, -0.05) is 30.3 Å². The number of carbonyl (C=O) groups excluding carboxylic acids is 1. The van der Waals surface area contributed by atoms with Gasteiger partial charge in [0.2, 0.25) is 0 Å². The van der Waals surface area contributed by atoms with Gasteiger partial charge in [-0.05, 0) is 38.1 Å². The van der Waals surface area contributed by atoms with E-state index in [9.17, 15) is 4.79 Å². The fourth-order valence-electron chi connectivity index (χ4n) is 2.55. The number of aromatic nitrogens is 1. The molecule has 0 spiro atoms. The SMILES string of the molecule is CCOC(C)c1nc(COc2ccccc2C(=O)Nc2ccccc2)cs1. The van der Waals surface area contributed by atoms with E-state index in [0.29, 0.717) is 24.5 Å². The monoisotopic (exact) mass is 382 g/mol. The van der Waals surface area contributed by atoms with Crippen LogP contribution in [0.1, 0.15) is 41.0 Å². The second-order valence-electron chi connectivity index (χ2n) is 5.88. The first-order valence-electron chi connectivity index (χ1n) is 8.81. The number of thiazole rings is 1. The first-order chi connectivity index (χ1) is 13.2. The van der Waals surface area contributed by atoms with Gasteiger partial charge in [0.1, 0.15) is 23.5 Å². The molecule has 3 aromatic rings. The van der Waals surface area contributed by atoms with E-state index in [1.54, 1.807) is 23.5 Å². The quantitative estimate of drug-likeness (QED) is 0.591. The molecule has 1 N–H and O–H groups in total. The maximum Gasteiger partial charge on any atom is 0.259 e. The molecule has 5 nitrogen and oxygen atoms in total. The van der Waals surface area contributed by atoms with E-state index in [-0.39, 0.29) is 12.0 Å². The highest BCUT2D eigenvalue weighted by molar-refractivity contribution is 7.09. The second-order valence-corrected chi connectivity index (χ2v) is 6.77. The van der Waals surface area contributed by atoms with Crippen molar-refractivity contribution in [2.24, 2.45) is 0 Å². The van der Waals surface area contributed by atoms with E-state index in [2.05, 4.69) is 10.3 Å². The second kappa shape index (κ2) is 9.30. The number of hydrogen-bond acceptors (Lipinski definition) is 5. The number of nitrogens with one attached hydrogen (secondary N) is 1. The Labute approximate surface area is 163 Å². The van der Waals surface area contributed by atoms with Gasteiger partial charge in [-0.3, -0.25) is 4.79 Å². The molecule has 1 aromatic heterocycles. The highest BCUT2D eigenvalue weighted by Crippen LogP contribution is 2.24. The van der Waals surface area contributed by atoms with Crippen molar-refractivity contribution in [2.45, 2.75) is 26.6 Å². The molecule has 0 saturated carbocycles. The van der Waals surface area contributed by atoms with Crippen LogP contribution in [0.4, 0.5) is 5.69 Å². The van der Waals surface area contributed by atoms with Crippen LogP contribution in [0.15, 0.2) is 60.0 Å². The Morgan fingerprint density at radius 2 is 1.89 bits per heavy atom. The minimum atomic E-state index is -0.208. The number of nitrogens with zero attached hydrogens (tertiary/aromatic N) is 1. The van der Waals surface area contributed by atoms with E-state index >= 15 is 0 Å². The summed E-state index contributed by atoms with van der Waals surface area (Å²) in [6.07, 6.45) is -0.0299. The molecule has 1 amide bonds. The van der Waals surface area contributed by atoms with E-state index in [1.807, 2.05) is 61.7 Å². The summed E-state index contributed by atoms with van der Waals surface area (Å²) in [6, 6.07) is 16.5. The molecule has 0 aliphatic carbocycles. The number of ether oxygens (including phenoxy) is 2. The lowest BCUT2D eigenvalue weighted by Crippen LogP contribution is -2.13. The molecule has 1 heterocycles. The Morgan fingerprint density at radius 3 is 2.67 bits per heavy atom. The largest absolute Gasteiger partial charge is 0.486 e. The predicted molar refractivity (Wildman–Crippen MR) is 107 cm³/mol.